The molecule has 5 heteroatoms. The maximum Gasteiger partial charge on any atom is 0.244 e. The largest absolute Gasteiger partial charge is 0.455 e. The summed E-state index contributed by atoms with van der Waals surface area (Å²) in [6.07, 6.45) is 6.24. The monoisotopic (exact) mass is 347 g/mol. The highest BCUT2D eigenvalue weighted by atomic mass is 16.3. The van der Waals surface area contributed by atoms with Crippen molar-refractivity contribution in [2.45, 2.75) is 32.6 Å². The molecule has 0 spiro atoms. The van der Waals surface area contributed by atoms with Crippen molar-refractivity contribution in [3.8, 4) is 17.4 Å². The summed E-state index contributed by atoms with van der Waals surface area (Å²) < 4.78 is 5.73. The summed E-state index contributed by atoms with van der Waals surface area (Å²) >= 11 is 0. The molecule has 5 nitrogen and oxygen atoms in total. The van der Waals surface area contributed by atoms with Gasteiger partial charge in [-0.25, -0.2) is 5.43 Å². The molecule has 0 bridgehead atoms. The molecule has 2 fully saturated rings. The van der Waals surface area contributed by atoms with Crippen molar-refractivity contribution < 1.29 is 9.21 Å². The van der Waals surface area contributed by atoms with Crippen LogP contribution in [0.2, 0.25) is 0 Å². The maximum atomic E-state index is 12.4. The SMILES string of the molecule is CC12CCCCC1C2C(=O)NN=Cc1ccc(-c2ccccc2C#N)o1. The van der Waals surface area contributed by atoms with Gasteiger partial charge in [-0.05, 0) is 48.4 Å². The van der Waals surface area contributed by atoms with Gasteiger partial charge < -0.3 is 4.42 Å². The number of nitrogens with one attached hydrogen (secondary N) is 1. The fraction of sp³-hybridized carbons (Fsp3) is 0.381. The summed E-state index contributed by atoms with van der Waals surface area (Å²) in [5.41, 5.74) is 4.14. The van der Waals surface area contributed by atoms with Gasteiger partial charge in [0, 0.05) is 11.5 Å². The van der Waals surface area contributed by atoms with Crippen molar-refractivity contribution in [3.63, 3.8) is 0 Å². The number of rotatable bonds is 4. The number of furan rings is 1. The number of amides is 1. The van der Waals surface area contributed by atoms with Crippen LogP contribution in [0.3, 0.4) is 0 Å². The number of hydrazone groups is 1. The van der Waals surface area contributed by atoms with Crippen molar-refractivity contribution in [2.75, 3.05) is 0 Å². The van der Waals surface area contributed by atoms with Crippen molar-refractivity contribution in [3.05, 3.63) is 47.7 Å². The molecule has 3 atom stereocenters. The highest BCUT2D eigenvalue weighted by molar-refractivity contribution is 5.85. The van der Waals surface area contributed by atoms with Crippen molar-refractivity contribution >= 4 is 12.1 Å². The van der Waals surface area contributed by atoms with Crippen LogP contribution in [-0.4, -0.2) is 12.1 Å². The standard InChI is InChI=1S/C21H21N3O2/c1-21-11-5-4-8-17(21)19(21)20(25)24-23-13-15-9-10-18(26-15)16-7-3-2-6-14(16)12-22/h2-3,6-7,9-10,13,17,19H,4-5,8,11H2,1H3,(H,24,25). The fourth-order valence-corrected chi connectivity index (χ4v) is 4.44. The number of carbonyl (C=O) groups excluding carboxylic acids is 1. The predicted molar refractivity (Wildman–Crippen MR) is 98.2 cm³/mol. The van der Waals surface area contributed by atoms with Crippen LogP contribution in [0, 0.1) is 28.6 Å². The second kappa shape index (κ2) is 6.45. The molecule has 1 aromatic heterocycles. The van der Waals surface area contributed by atoms with Gasteiger partial charge in [-0.2, -0.15) is 10.4 Å². The lowest BCUT2D eigenvalue weighted by molar-refractivity contribution is -0.123. The minimum absolute atomic E-state index is 0.0113. The van der Waals surface area contributed by atoms with Crippen LogP contribution in [0.25, 0.3) is 11.3 Å². The van der Waals surface area contributed by atoms with Gasteiger partial charge in [0.15, 0.2) is 0 Å². The Morgan fingerprint density at radius 2 is 2.19 bits per heavy atom. The Morgan fingerprint density at radius 3 is 2.96 bits per heavy atom. The van der Waals surface area contributed by atoms with Crippen LogP contribution >= 0.6 is 0 Å². The summed E-state index contributed by atoms with van der Waals surface area (Å²) in [6, 6.07) is 13.0. The smallest absolute Gasteiger partial charge is 0.244 e. The van der Waals surface area contributed by atoms with Crippen LogP contribution < -0.4 is 5.43 Å². The maximum absolute atomic E-state index is 12.4. The molecular formula is C21H21N3O2. The molecule has 2 aromatic rings. The van der Waals surface area contributed by atoms with E-state index in [0.29, 0.717) is 23.0 Å². The van der Waals surface area contributed by atoms with Gasteiger partial charge in [0.25, 0.3) is 0 Å². The molecule has 4 rings (SSSR count). The molecule has 1 heterocycles. The molecule has 1 aromatic carbocycles. The molecule has 0 radical (unpaired) electrons. The van der Waals surface area contributed by atoms with Crippen molar-refractivity contribution in [1.29, 1.82) is 5.26 Å². The topological polar surface area (TPSA) is 78.4 Å². The van der Waals surface area contributed by atoms with Gasteiger partial charge in [-0.15, -0.1) is 0 Å². The van der Waals surface area contributed by atoms with E-state index < -0.39 is 0 Å². The van der Waals surface area contributed by atoms with Gasteiger partial charge in [-0.1, -0.05) is 31.9 Å². The van der Waals surface area contributed by atoms with E-state index in [2.05, 4.69) is 23.5 Å². The summed E-state index contributed by atoms with van der Waals surface area (Å²) in [5.74, 6) is 1.77. The van der Waals surface area contributed by atoms with E-state index in [1.165, 1.54) is 19.1 Å². The third-order valence-electron chi connectivity index (χ3n) is 5.92. The van der Waals surface area contributed by atoms with E-state index >= 15 is 0 Å². The molecule has 132 valence electrons. The van der Waals surface area contributed by atoms with Crippen LogP contribution in [0.4, 0.5) is 0 Å². The molecule has 26 heavy (non-hydrogen) atoms. The lowest BCUT2D eigenvalue weighted by atomic mass is 9.90. The predicted octanol–water partition coefficient (Wildman–Crippen LogP) is 4.09. The highest BCUT2D eigenvalue weighted by Crippen LogP contribution is 2.66. The fourth-order valence-electron chi connectivity index (χ4n) is 4.44. The summed E-state index contributed by atoms with van der Waals surface area (Å²) in [7, 11) is 0. The molecule has 1 amide bonds. The second-order valence-corrected chi connectivity index (χ2v) is 7.43. The first kappa shape index (κ1) is 16.6. The quantitative estimate of drug-likeness (QED) is 0.668. The number of fused-ring (bicyclic) bond motifs is 1. The van der Waals surface area contributed by atoms with Crippen LogP contribution in [0.1, 0.15) is 43.9 Å². The third kappa shape index (κ3) is 2.82. The number of hydrogen-bond acceptors (Lipinski definition) is 4. The van der Waals surface area contributed by atoms with Crippen molar-refractivity contribution in [2.24, 2.45) is 22.4 Å². The van der Waals surface area contributed by atoms with Crippen molar-refractivity contribution in [1.82, 2.24) is 5.43 Å². The molecule has 1 N–H and O–H groups in total. The molecular weight excluding hydrogens is 326 g/mol. The Kier molecular flexibility index (Phi) is 4.12. The molecule has 2 saturated carbocycles. The van der Waals surface area contributed by atoms with Crippen LogP contribution in [0.15, 0.2) is 45.9 Å². The van der Waals surface area contributed by atoms with E-state index in [1.807, 2.05) is 18.2 Å². The zero-order valence-corrected chi connectivity index (χ0v) is 14.7. The minimum atomic E-state index is 0.0113. The highest BCUT2D eigenvalue weighted by Gasteiger charge is 2.64. The van der Waals surface area contributed by atoms with Gasteiger partial charge in [-0.3, -0.25) is 4.79 Å². The van der Waals surface area contributed by atoms with E-state index in [4.69, 9.17) is 4.42 Å². The van der Waals surface area contributed by atoms with E-state index in [9.17, 15) is 10.1 Å². The number of benzene rings is 1. The normalized spacial score (nSPS) is 26.9. The summed E-state index contributed by atoms with van der Waals surface area (Å²) in [4.78, 5) is 12.4. The lowest BCUT2D eigenvalue weighted by Crippen LogP contribution is -2.22. The molecule has 2 aliphatic carbocycles. The van der Waals surface area contributed by atoms with E-state index in [0.717, 1.165) is 18.4 Å². The lowest BCUT2D eigenvalue weighted by Gasteiger charge is -2.15. The first-order valence-corrected chi connectivity index (χ1v) is 9.06. The van der Waals surface area contributed by atoms with Gasteiger partial charge >= 0.3 is 0 Å². The second-order valence-electron chi connectivity index (χ2n) is 7.43. The molecule has 2 aliphatic rings. The Labute approximate surface area is 152 Å². The number of nitrogens with zero attached hydrogens (tertiary/aromatic N) is 2. The summed E-state index contributed by atoms with van der Waals surface area (Å²) in [6.45, 7) is 2.22. The number of carbonyl (C=O) groups is 1. The van der Waals surface area contributed by atoms with Gasteiger partial charge in [0.2, 0.25) is 5.91 Å². The Balaban J connectivity index is 1.40. The Morgan fingerprint density at radius 1 is 1.35 bits per heavy atom. The first-order valence-electron chi connectivity index (χ1n) is 9.06. The number of hydrogen-bond donors (Lipinski definition) is 1. The molecule has 0 aliphatic heterocycles. The Hall–Kier alpha value is -2.87. The summed E-state index contributed by atoms with van der Waals surface area (Å²) in [5, 5.41) is 13.2. The average molecular weight is 347 g/mol. The number of nitriles is 1. The molecule has 0 saturated heterocycles. The minimum Gasteiger partial charge on any atom is -0.455 e. The zero-order chi connectivity index (χ0) is 18.1. The molecule has 3 unspecified atom stereocenters. The van der Waals surface area contributed by atoms with E-state index in [1.54, 1.807) is 18.2 Å². The first-order chi connectivity index (χ1) is 12.6. The van der Waals surface area contributed by atoms with E-state index in [-0.39, 0.29) is 17.2 Å². The average Bonchev–Trinajstić information content (AvgIpc) is 3.03. The van der Waals surface area contributed by atoms with Gasteiger partial charge in [0.05, 0.1) is 17.8 Å². The zero-order valence-electron chi connectivity index (χ0n) is 14.7. The van der Waals surface area contributed by atoms with Crippen LogP contribution in [-0.2, 0) is 4.79 Å². The van der Waals surface area contributed by atoms with Gasteiger partial charge in [0.1, 0.15) is 11.5 Å². The van der Waals surface area contributed by atoms with Crippen LogP contribution in [0.5, 0.6) is 0 Å². The third-order valence-corrected chi connectivity index (χ3v) is 5.92. The Bertz CT molecular complexity index is 908.